The lowest BCUT2D eigenvalue weighted by molar-refractivity contribution is -0.00598. The van der Waals surface area contributed by atoms with Gasteiger partial charge in [0.15, 0.2) is 0 Å². The van der Waals surface area contributed by atoms with Crippen LogP contribution in [0.2, 0.25) is 0 Å². The molecule has 1 heterocycles. The SMILES string of the molecule is CNCc1ccc(SCC2CN(C)CCO2)cc1. The lowest BCUT2D eigenvalue weighted by Crippen LogP contribution is -2.41. The van der Waals surface area contributed by atoms with Crippen LogP contribution in [0.4, 0.5) is 0 Å². The van der Waals surface area contributed by atoms with Crippen molar-refractivity contribution in [1.82, 2.24) is 10.2 Å². The van der Waals surface area contributed by atoms with Crippen molar-refractivity contribution in [1.29, 1.82) is 0 Å². The Balaban J connectivity index is 1.78. The topological polar surface area (TPSA) is 24.5 Å². The maximum absolute atomic E-state index is 5.76. The van der Waals surface area contributed by atoms with Gasteiger partial charge in [-0.2, -0.15) is 0 Å². The molecule has 1 saturated heterocycles. The zero-order valence-electron chi connectivity index (χ0n) is 11.2. The predicted molar refractivity (Wildman–Crippen MR) is 77.2 cm³/mol. The Bertz CT molecular complexity index is 355. The minimum atomic E-state index is 0.366. The summed E-state index contributed by atoms with van der Waals surface area (Å²) in [5.41, 5.74) is 1.33. The summed E-state index contributed by atoms with van der Waals surface area (Å²) in [6.45, 7) is 3.90. The standard InChI is InChI=1S/C14H22N2OS/c1-15-9-12-3-5-14(6-4-12)18-11-13-10-16(2)7-8-17-13/h3-6,13,15H,7-11H2,1-2H3. The van der Waals surface area contributed by atoms with Gasteiger partial charge in [0.1, 0.15) is 0 Å². The van der Waals surface area contributed by atoms with E-state index in [4.69, 9.17) is 4.74 Å². The molecule has 1 atom stereocenters. The number of nitrogens with zero attached hydrogens (tertiary/aromatic N) is 1. The fraction of sp³-hybridized carbons (Fsp3) is 0.571. The third kappa shape index (κ3) is 4.28. The van der Waals surface area contributed by atoms with E-state index < -0.39 is 0 Å². The second-order valence-corrected chi connectivity index (χ2v) is 5.83. The molecule has 1 aliphatic heterocycles. The number of hydrogen-bond acceptors (Lipinski definition) is 4. The Kier molecular flexibility index (Phi) is 5.50. The molecule has 0 amide bonds. The molecule has 0 aromatic heterocycles. The molecule has 0 bridgehead atoms. The number of likely N-dealkylation sites (N-methyl/N-ethyl adjacent to an activating group) is 1. The van der Waals surface area contributed by atoms with E-state index in [9.17, 15) is 0 Å². The Hall–Kier alpha value is -0.550. The number of benzene rings is 1. The zero-order chi connectivity index (χ0) is 12.8. The molecule has 0 saturated carbocycles. The minimum absolute atomic E-state index is 0.366. The van der Waals surface area contributed by atoms with Gasteiger partial charge >= 0.3 is 0 Å². The molecule has 0 aliphatic carbocycles. The monoisotopic (exact) mass is 266 g/mol. The van der Waals surface area contributed by atoms with E-state index in [1.165, 1.54) is 10.5 Å². The Morgan fingerprint density at radius 3 is 2.83 bits per heavy atom. The Labute approximate surface area is 114 Å². The van der Waals surface area contributed by atoms with Crippen molar-refractivity contribution in [3.63, 3.8) is 0 Å². The first kappa shape index (κ1) is 13.9. The van der Waals surface area contributed by atoms with Crippen LogP contribution in [0.5, 0.6) is 0 Å². The van der Waals surface area contributed by atoms with Crippen molar-refractivity contribution < 1.29 is 4.74 Å². The molecule has 1 fully saturated rings. The van der Waals surface area contributed by atoms with Gasteiger partial charge in [-0.05, 0) is 31.8 Å². The van der Waals surface area contributed by atoms with Gasteiger partial charge in [-0.1, -0.05) is 12.1 Å². The van der Waals surface area contributed by atoms with Gasteiger partial charge in [0.25, 0.3) is 0 Å². The van der Waals surface area contributed by atoms with Crippen LogP contribution in [0.3, 0.4) is 0 Å². The van der Waals surface area contributed by atoms with Gasteiger partial charge in [-0.3, -0.25) is 0 Å². The molecule has 1 unspecified atom stereocenters. The summed E-state index contributed by atoms with van der Waals surface area (Å²) < 4.78 is 5.76. The maximum atomic E-state index is 5.76. The molecular weight excluding hydrogens is 244 g/mol. The summed E-state index contributed by atoms with van der Waals surface area (Å²) in [5, 5.41) is 3.16. The number of ether oxygens (including phenoxy) is 1. The van der Waals surface area contributed by atoms with Crippen molar-refractivity contribution in [3.8, 4) is 0 Å². The van der Waals surface area contributed by atoms with Crippen molar-refractivity contribution in [3.05, 3.63) is 29.8 Å². The molecule has 0 radical (unpaired) electrons. The number of nitrogens with one attached hydrogen (secondary N) is 1. The van der Waals surface area contributed by atoms with Gasteiger partial charge < -0.3 is 15.0 Å². The van der Waals surface area contributed by atoms with Gasteiger partial charge in [-0.15, -0.1) is 11.8 Å². The summed E-state index contributed by atoms with van der Waals surface area (Å²) in [6.07, 6.45) is 0.366. The third-order valence-corrected chi connectivity index (χ3v) is 4.23. The summed E-state index contributed by atoms with van der Waals surface area (Å²) >= 11 is 1.88. The van der Waals surface area contributed by atoms with Crippen LogP contribution < -0.4 is 5.32 Å². The van der Waals surface area contributed by atoms with Crippen LogP contribution in [0.25, 0.3) is 0 Å². The molecule has 1 aromatic carbocycles. The molecule has 100 valence electrons. The van der Waals surface area contributed by atoms with E-state index >= 15 is 0 Å². The molecule has 3 nitrogen and oxygen atoms in total. The second-order valence-electron chi connectivity index (χ2n) is 4.74. The van der Waals surface area contributed by atoms with Crippen molar-refractivity contribution >= 4 is 11.8 Å². The Morgan fingerprint density at radius 2 is 2.17 bits per heavy atom. The van der Waals surface area contributed by atoms with E-state index in [0.29, 0.717) is 6.10 Å². The summed E-state index contributed by atoms with van der Waals surface area (Å²) in [6, 6.07) is 8.77. The normalized spacial score (nSPS) is 21.1. The minimum Gasteiger partial charge on any atom is -0.375 e. The van der Waals surface area contributed by atoms with Crippen molar-refractivity contribution in [2.45, 2.75) is 17.5 Å². The van der Waals surface area contributed by atoms with Gasteiger partial charge in [-0.25, -0.2) is 0 Å². The lowest BCUT2D eigenvalue weighted by atomic mass is 10.2. The fourth-order valence-corrected chi connectivity index (χ4v) is 2.97. The van der Waals surface area contributed by atoms with Crippen LogP contribution in [-0.2, 0) is 11.3 Å². The highest BCUT2D eigenvalue weighted by Crippen LogP contribution is 2.21. The summed E-state index contributed by atoms with van der Waals surface area (Å²) in [5.74, 6) is 1.04. The highest BCUT2D eigenvalue weighted by molar-refractivity contribution is 7.99. The number of hydrogen-bond donors (Lipinski definition) is 1. The average molecular weight is 266 g/mol. The van der Waals surface area contributed by atoms with Crippen LogP contribution >= 0.6 is 11.8 Å². The van der Waals surface area contributed by atoms with E-state index in [0.717, 1.165) is 32.0 Å². The first-order valence-corrected chi connectivity index (χ1v) is 7.43. The number of thioether (sulfide) groups is 1. The first-order valence-electron chi connectivity index (χ1n) is 6.44. The first-order chi connectivity index (χ1) is 8.78. The quantitative estimate of drug-likeness (QED) is 0.822. The van der Waals surface area contributed by atoms with E-state index in [1.54, 1.807) is 0 Å². The van der Waals surface area contributed by atoms with E-state index in [-0.39, 0.29) is 0 Å². The van der Waals surface area contributed by atoms with Gasteiger partial charge in [0.2, 0.25) is 0 Å². The molecule has 2 rings (SSSR count). The van der Waals surface area contributed by atoms with Crippen molar-refractivity contribution in [2.75, 3.05) is 39.5 Å². The Morgan fingerprint density at radius 1 is 1.39 bits per heavy atom. The van der Waals surface area contributed by atoms with Crippen LogP contribution in [0, 0.1) is 0 Å². The van der Waals surface area contributed by atoms with Crippen LogP contribution in [0.1, 0.15) is 5.56 Å². The van der Waals surface area contributed by atoms with Crippen LogP contribution in [0.15, 0.2) is 29.2 Å². The number of morpholine rings is 1. The average Bonchev–Trinajstić information content (AvgIpc) is 2.38. The molecule has 4 heteroatoms. The van der Waals surface area contributed by atoms with Gasteiger partial charge in [0, 0.05) is 30.3 Å². The van der Waals surface area contributed by atoms with E-state index in [1.807, 2.05) is 18.8 Å². The predicted octanol–water partition coefficient (Wildman–Crippen LogP) is 1.83. The third-order valence-electron chi connectivity index (χ3n) is 3.08. The molecule has 0 spiro atoms. The maximum Gasteiger partial charge on any atom is 0.0796 e. The molecule has 1 aromatic rings. The fourth-order valence-electron chi connectivity index (χ4n) is 2.06. The van der Waals surface area contributed by atoms with E-state index in [2.05, 4.69) is 41.5 Å². The highest BCUT2D eigenvalue weighted by atomic mass is 32.2. The van der Waals surface area contributed by atoms with Crippen molar-refractivity contribution in [2.24, 2.45) is 0 Å². The molecule has 1 aliphatic rings. The largest absolute Gasteiger partial charge is 0.375 e. The summed E-state index contributed by atoms with van der Waals surface area (Å²) in [4.78, 5) is 3.66. The summed E-state index contributed by atoms with van der Waals surface area (Å²) in [7, 11) is 4.13. The zero-order valence-corrected chi connectivity index (χ0v) is 12.0. The second kappa shape index (κ2) is 7.14. The van der Waals surface area contributed by atoms with Gasteiger partial charge in [0.05, 0.1) is 12.7 Å². The lowest BCUT2D eigenvalue weighted by Gasteiger charge is -2.29. The highest BCUT2D eigenvalue weighted by Gasteiger charge is 2.17. The smallest absolute Gasteiger partial charge is 0.0796 e. The molecule has 1 N–H and O–H groups in total. The van der Waals surface area contributed by atoms with Crippen LogP contribution in [-0.4, -0.2) is 50.5 Å². The number of rotatable bonds is 5. The molecular formula is C14H22N2OS. The molecule has 18 heavy (non-hydrogen) atoms.